The number of halogens is 1. The van der Waals surface area contributed by atoms with Crippen LogP contribution < -0.4 is 9.47 Å². The normalized spacial score (nSPS) is 10.6. The maximum atomic E-state index is 13.9. The molecule has 0 aliphatic carbocycles. The van der Waals surface area contributed by atoms with Crippen LogP contribution in [0.5, 0.6) is 11.8 Å². The molecule has 0 atom stereocenters. The number of hydrogen-bond donors (Lipinski definition) is 1. The Hall–Kier alpha value is -3.70. The molecule has 1 heterocycles. The Kier molecular flexibility index (Phi) is 6.55. The van der Waals surface area contributed by atoms with Gasteiger partial charge >= 0.3 is 0 Å². The molecule has 31 heavy (non-hydrogen) atoms. The van der Waals surface area contributed by atoms with Crippen LogP contribution >= 0.6 is 0 Å². The molecule has 1 aromatic heterocycles. The number of nitrogens with zero attached hydrogens (tertiary/aromatic N) is 1. The van der Waals surface area contributed by atoms with E-state index >= 15 is 0 Å². The Balaban J connectivity index is 1.62. The maximum absolute atomic E-state index is 13.9. The van der Waals surface area contributed by atoms with Crippen molar-refractivity contribution in [3.63, 3.8) is 0 Å². The van der Waals surface area contributed by atoms with Crippen molar-refractivity contribution in [3.05, 3.63) is 114 Å². The largest absolute Gasteiger partial charge is 0.473 e. The van der Waals surface area contributed by atoms with Crippen molar-refractivity contribution in [2.24, 2.45) is 0 Å². The fraction of sp³-hybridized carbons (Fsp3) is 0.115. The van der Waals surface area contributed by atoms with Gasteiger partial charge in [-0.05, 0) is 34.9 Å². The molecule has 0 fully saturated rings. The monoisotopic (exact) mass is 415 g/mol. The van der Waals surface area contributed by atoms with Crippen molar-refractivity contribution in [1.29, 1.82) is 0 Å². The number of ether oxygens (including phenoxy) is 2. The third kappa shape index (κ3) is 5.27. The van der Waals surface area contributed by atoms with E-state index in [1.807, 2.05) is 66.7 Å². The SMILES string of the molecule is OCc1cc(-c2ccc(OCc3ccccc3)nc2OCc2ccccc2)ccc1F. The average molecular weight is 415 g/mol. The first-order valence-electron chi connectivity index (χ1n) is 9.97. The van der Waals surface area contributed by atoms with E-state index in [0.29, 0.717) is 36.1 Å². The zero-order valence-electron chi connectivity index (χ0n) is 16.9. The van der Waals surface area contributed by atoms with Crippen LogP contribution in [0.15, 0.2) is 91.0 Å². The lowest BCUT2D eigenvalue weighted by molar-refractivity contribution is 0.268. The van der Waals surface area contributed by atoms with E-state index in [2.05, 4.69) is 4.98 Å². The highest BCUT2D eigenvalue weighted by molar-refractivity contribution is 5.69. The van der Waals surface area contributed by atoms with Crippen LogP contribution in [0.25, 0.3) is 11.1 Å². The van der Waals surface area contributed by atoms with Gasteiger partial charge in [-0.3, -0.25) is 0 Å². The number of rotatable bonds is 8. The van der Waals surface area contributed by atoms with Gasteiger partial charge < -0.3 is 14.6 Å². The molecule has 3 aromatic carbocycles. The molecule has 0 aliphatic rings. The number of aromatic nitrogens is 1. The predicted molar refractivity (Wildman–Crippen MR) is 117 cm³/mol. The van der Waals surface area contributed by atoms with Crippen LogP contribution in [0, 0.1) is 5.82 Å². The summed E-state index contributed by atoms with van der Waals surface area (Å²) >= 11 is 0. The quantitative estimate of drug-likeness (QED) is 0.411. The Morgan fingerprint density at radius 3 is 2.03 bits per heavy atom. The van der Waals surface area contributed by atoms with Gasteiger partial charge in [-0.2, -0.15) is 4.98 Å². The van der Waals surface area contributed by atoms with Crippen LogP contribution in [-0.2, 0) is 19.8 Å². The van der Waals surface area contributed by atoms with E-state index in [4.69, 9.17) is 9.47 Å². The summed E-state index contributed by atoms with van der Waals surface area (Å²) in [5.41, 5.74) is 3.65. The summed E-state index contributed by atoms with van der Waals surface area (Å²) in [4.78, 5) is 4.56. The smallest absolute Gasteiger partial charge is 0.225 e. The summed E-state index contributed by atoms with van der Waals surface area (Å²) in [6.45, 7) is 0.332. The lowest BCUT2D eigenvalue weighted by Crippen LogP contribution is -2.02. The molecule has 156 valence electrons. The fourth-order valence-corrected chi connectivity index (χ4v) is 3.15. The number of aliphatic hydroxyl groups excluding tert-OH is 1. The fourth-order valence-electron chi connectivity index (χ4n) is 3.15. The second kappa shape index (κ2) is 9.87. The molecular weight excluding hydrogens is 393 g/mol. The first kappa shape index (κ1) is 20.6. The third-order valence-electron chi connectivity index (χ3n) is 4.81. The van der Waals surface area contributed by atoms with Crippen LogP contribution in [-0.4, -0.2) is 10.1 Å². The molecule has 5 heteroatoms. The molecule has 0 bridgehead atoms. The molecule has 4 aromatic rings. The molecule has 4 rings (SSSR count). The van der Waals surface area contributed by atoms with E-state index in [9.17, 15) is 9.50 Å². The van der Waals surface area contributed by atoms with E-state index in [-0.39, 0.29) is 12.2 Å². The molecule has 0 saturated carbocycles. The van der Waals surface area contributed by atoms with Crippen LogP contribution in [0.3, 0.4) is 0 Å². The van der Waals surface area contributed by atoms with Gasteiger partial charge in [-0.1, -0.05) is 66.7 Å². The minimum absolute atomic E-state index is 0.218. The zero-order chi connectivity index (χ0) is 21.5. The predicted octanol–water partition coefficient (Wildman–Crippen LogP) is 5.54. The summed E-state index contributed by atoms with van der Waals surface area (Å²) in [6.07, 6.45) is 0. The summed E-state index contributed by atoms with van der Waals surface area (Å²) in [5, 5.41) is 9.43. The summed E-state index contributed by atoms with van der Waals surface area (Å²) in [5.74, 6) is 0.360. The molecule has 0 radical (unpaired) electrons. The average Bonchev–Trinajstić information content (AvgIpc) is 2.83. The second-order valence-corrected chi connectivity index (χ2v) is 7.02. The minimum Gasteiger partial charge on any atom is -0.473 e. The Morgan fingerprint density at radius 1 is 0.742 bits per heavy atom. The number of aliphatic hydroxyl groups is 1. The third-order valence-corrected chi connectivity index (χ3v) is 4.81. The first-order valence-corrected chi connectivity index (χ1v) is 9.97. The first-order chi connectivity index (χ1) is 15.2. The van der Waals surface area contributed by atoms with Crippen molar-refractivity contribution in [2.45, 2.75) is 19.8 Å². The summed E-state index contributed by atoms with van der Waals surface area (Å²) in [7, 11) is 0. The molecule has 1 N–H and O–H groups in total. The van der Waals surface area contributed by atoms with Crippen molar-refractivity contribution in [2.75, 3.05) is 0 Å². The van der Waals surface area contributed by atoms with Crippen LogP contribution in [0.4, 0.5) is 4.39 Å². The van der Waals surface area contributed by atoms with Gasteiger partial charge in [0, 0.05) is 17.2 Å². The van der Waals surface area contributed by atoms with Crippen molar-refractivity contribution < 1.29 is 19.0 Å². The van der Waals surface area contributed by atoms with Gasteiger partial charge in [0.15, 0.2) is 0 Å². The molecule has 0 unspecified atom stereocenters. The van der Waals surface area contributed by atoms with Gasteiger partial charge in [-0.15, -0.1) is 0 Å². The van der Waals surface area contributed by atoms with Crippen LogP contribution in [0.2, 0.25) is 0 Å². The molecule has 0 spiro atoms. The van der Waals surface area contributed by atoms with Gasteiger partial charge in [0.1, 0.15) is 19.0 Å². The number of hydrogen-bond acceptors (Lipinski definition) is 4. The molecular formula is C26H22FNO3. The van der Waals surface area contributed by atoms with E-state index in [0.717, 1.165) is 11.1 Å². The van der Waals surface area contributed by atoms with Crippen LogP contribution in [0.1, 0.15) is 16.7 Å². The van der Waals surface area contributed by atoms with Crippen molar-refractivity contribution >= 4 is 0 Å². The van der Waals surface area contributed by atoms with E-state index in [1.54, 1.807) is 18.2 Å². The molecule has 0 amide bonds. The highest BCUT2D eigenvalue weighted by Crippen LogP contribution is 2.32. The maximum Gasteiger partial charge on any atom is 0.225 e. The van der Waals surface area contributed by atoms with Crippen molar-refractivity contribution in [3.8, 4) is 22.9 Å². The van der Waals surface area contributed by atoms with Gasteiger partial charge in [0.05, 0.1) is 6.61 Å². The van der Waals surface area contributed by atoms with Gasteiger partial charge in [-0.25, -0.2) is 4.39 Å². The lowest BCUT2D eigenvalue weighted by Gasteiger charge is -2.14. The molecule has 0 saturated heterocycles. The Bertz CT molecular complexity index is 1130. The molecule has 0 aliphatic heterocycles. The van der Waals surface area contributed by atoms with Gasteiger partial charge in [0.2, 0.25) is 11.8 Å². The lowest BCUT2D eigenvalue weighted by atomic mass is 10.0. The number of pyridine rings is 1. The Morgan fingerprint density at radius 2 is 1.39 bits per heavy atom. The van der Waals surface area contributed by atoms with Gasteiger partial charge in [0.25, 0.3) is 0 Å². The van der Waals surface area contributed by atoms with E-state index < -0.39 is 5.82 Å². The standard InChI is InChI=1S/C26H22FNO3/c27-24-13-11-21(15-22(24)16-29)23-12-14-25(30-17-19-7-3-1-4-8-19)28-26(23)31-18-20-9-5-2-6-10-20/h1-15,29H,16-18H2. The number of benzene rings is 3. The zero-order valence-corrected chi connectivity index (χ0v) is 16.9. The molecule has 4 nitrogen and oxygen atoms in total. The Labute approximate surface area is 180 Å². The highest BCUT2D eigenvalue weighted by Gasteiger charge is 2.13. The second-order valence-electron chi connectivity index (χ2n) is 7.02. The summed E-state index contributed by atoms with van der Waals surface area (Å²) < 4.78 is 25.7. The van der Waals surface area contributed by atoms with Crippen molar-refractivity contribution in [1.82, 2.24) is 4.98 Å². The summed E-state index contributed by atoms with van der Waals surface area (Å²) in [6, 6.07) is 27.8. The minimum atomic E-state index is -0.450. The topological polar surface area (TPSA) is 51.6 Å². The van der Waals surface area contributed by atoms with E-state index in [1.165, 1.54) is 6.07 Å². The highest BCUT2D eigenvalue weighted by atomic mass is 19.1.